The molecule has 1 heterocycles. The van der Waals surface area contributed by atoms with Crippen molar-refractivity contribution in [3.63, 3.8) is 0 Å². The lowest BCUT2D eigenvalue weighted by Gasteiger charge is -1.81. The molecule has 3 nitrogen and oxygen atoms in total. The normalized spacial score (nSPS) is 19.5. The van der Waals surface area contributed by atoms with Crippen molar-refractivity contribution >= 4 is 0 Å². The standard InChI is InChI=1S/C3H7NO.H3N/c5-3-4-1-2-4;/h5H,1-3H2;1H3. The van der Waals surface area contributed by atoms with Crippen molar-refractivity contribution in [1.82, 2.24) is 11.1 Å². The third-order valence-corrected chi connectivity index (χ3v) is 0.740. The van der Waals surface area contributed by atoms with Crippen LogP contribution >= 0.6 is 0 Å². The summed E-state index contributed by atoms with van der Waals surface area (Å²) in [5.41, 5.74) is 0. The van der Waals surface area contributed by atoms with Crippen molar-refractivity contribution in [2.24, 2.45) is 0 Å². The van der Waals surface area contributed by atoms with Crippen LogP contribution in [0.3, 0.4) is 0 Å². The molecule has 0 atom stereocenters. The van der Waals surface area contributed by atoms with E-state index < -0.39 is 0 Å². The molecule has 0 radical (unpaired) electrons. The van der Waals surface area contributed by atoms with Gasteiger partial charge in [-0.3, -0.25) is 4.90 Å². The average Bonchev–Trinajstić information content (AvgIpc) is 2.12. The van der Waals surface area contributed by atoms with E-state index in [-0.39, 0.29) is 12.9 Å². The Labute approximate surface area is 37.2 Å². The summed E-state index contributed by atoms with van der Waals surface area (Å²) in [6.07, 6.45) is 0. The summed E-state index contributed by atoms with van der Waals surface area (Å²) in [5.74, 6) is 0. The van der Waals surface area contributed by atoms with Gasteiger partial charge in [-0.2, -0.15) is 0 Å². The van der Waals surface area contributed by atoms with Gasteiger partial charge >= 0.3 is 0 Å². The minimum absolute atomic E-state index is 0. The van der Waals surface area contributed by atoms with E-state index >= 15 is 0 Å². The maximum absolute atomic E-state index is 8.13. The van der Waals surface area contributed by atoms with Crippen molar-refractivity contribution < 1.29 is 5.11 Å². The summed E-state index contributed by atoms with van der Waals surface area (Å²) in [5, 5.41) is 8.13. The van der Waals surface area contributed by atoms with Crippen LogP contribution in [-0.2, 0) is 0 Å². The highest BCUT2D eigenvalue weighted by molar-refractivity contribution is 4.66. The van der Waals surface area contributed by atoms with E-state index in [0.717, 1.165) is 13.1 Å². The number of aliphatic hydroxyl groups excluding tert-OH is 1. The van der Waals surface area contributed by atoms with Gasteiger partial charge in [-0.15, -0.1) is 0 Å². The summed E-state index contributed by atoms with van der Waals surface area (Å²) >= 11 is 0. The number of hydrogen-bond donors (Lipinski definition) is 2. The molecule has 1 aliphatic rings. The van der Waals surface area contributed by atoms with Crippen molar-refractivity contribution in [3.8, 4) is 0 Å². The third-order valence-electron chi connectivity index (χ3n) is 0.740. The van der Waals surface area contributed by atoms with Crippen LogP contribution in [0, 0.1) is 0 Å². The summed E-state index contributed by atoms with van der Waals surface area (Å²) in [6, 6.07) is 0. The van der Waals surface area contributed by atoms with Gasteiger partial charge in [0.2, 0.25) is 0 Å². The highest BCUT2D eigenvalue weighted by Gasteiger charge is 2.13. The van der Waals surface area contributed by atoms with Crippen molar-refractivity contribution in [2.75, 3.05) is 19.8 Å². The first-order valence-corrected chi connectivity index (χ1v) is 1.76. The predicted octanol–water partition coefficient (Wildman–Crippen LogP) is -0.586. The molecule has 0 aromatic rings. The van der Waals surface area contributed by atoms with Crippen LogP contribution in [0.15, 0.2) is 0 Å². The molecule has 38 valence electrons. The molecule has 0 amide bonds. The number of aliphatic hydroxyl groups is 1. The predicted molar refractivity (Wildman–Crippen MR) is 23.7 cm³/mol. The smallest absolute Gasteiger partial charge is 0.0957 e. The molecule has 4 N–H and O–H groups in total. The van der Waals surface area contributed by atoms with Crippen molar-refractivity contribution in [2.45, 2.75) is 0 Å². The topological polar surface area (TPSA) is 58.2 Å². The number of hydrogen-bond acceptors (Lipinski definition) is 3. The summed E-state index contributed by atoms with van der Waals surface area (Å²) in [6.45, 7) is 2.44. The Kier molecular flexibility index (Phi) is 2.08. The van der Waals surface area contributed by atoms with Gasteiger partial charge in [-0.1, -0.05) is 0 Å². The van der Waals surface area contributed by atoms with E-state index in [4.69, 9.17) is 5.11 Å². The van der Waals surface area contributed by atoms with Gasteiger partial charge in [0.1, 0.15) is 0 Å². The highest BCUT2D eigenvalue weighted by Crippen LogP contribution is 1.97. The Morgan fingerprint density at radius 2 is 2.00 bits per heavy atom. The van der Waals surface area contributed by atoms with Gasteiger partial charge in [0.15, 0.2) is 0 Å². The van der Waals surface area contributed by atoms with Gasteiger partial charge in [0.05, 0.1) is 6.73 Å². The Bertz CT molecular complexity index is 35.8. The Balaban J connectivity index is 0.000000250. The van der Waals surface area contributed by atoms with Crippen molar-refractivity contribution in [1.29, 1.82) is 0 Å². The summed E-state index contributed by atoms with van der Waals surface area (Å²) in [7, 11) is 0. The molecule has 1 aliphatic heterocycles. The largest absolute Gasteiger partial charge is 0.381 e. The molecule has 1 saturated heterocycles. The van der Waals surface area contributed by atoms with Crippen LogP contribution in [-0.4, -0.2) is 29.8 Å². The molecule has 0 aliphatic carbocycles. The van der Waals surface area contributed by atoms with Crippen molar-refractivity contribution in [3.05, 3.63) is 0 Å². The lowest BCUT2D eigenvalue weighted by Crippen LogP contribution is -1.94. The monoisotopic (exact) mass is 90.1 g/mol. The second-order valence-corrected chi connectivity index (χ2v) is 1.26. The molecule has 0 bridgehead atoms. The second kappa shape index (κ2) is 2.12. The van der Waals surface area contributed by atoms with E-state index in [1.807, 2.05) is 4.90 Å². The average molecular weight is 90.1 g/mol. The summed E-state index contributed by atoms with van der Waals surface area (Å²) < 4.78 is 0. The van der Waals surface area contributed by atoms with Crippen LogP contribution < -0.4 is 6.15 Å². The lowest BCUT2D eigenvalue weighted by atomic mass is 11.0. The van der Waals surface area contributed by atoms with Crippen LogP contribution in [0.4, 0.5) is 0 Å². The molecule has 6 heavy (non-hydrogen) atoms. The Hall–Kier alpha value is -0.120. The highest BCUT2D eigenvalue weighted by atomic mass is 16.3. The van der Waals surface area contributed by atoms with E-state index in [0.29, 0.717) is 0 Å². The molecule has 0 unspecified atom stereocenters. The zero-order chi connectivity index (χ0) is 3.70. The van der Waals surface area contributed by atoms with Crippen LogP contribution in [0.2, 0.25) is 0 Å². The molecule has 0 saturated carbocycles. The van der Waals surface area contributed by atoms with E-state index in [2.05, 4.69) is 0 Å². The SMILES string of the molecule is N.OCN1CC1. The zero-order valence-electron chi connectivity index (χ0n) is 3.72. The fourth-order valence-corrected chi connectivity index (χ4v) is 0.212. The third kappa shape index (κ3) is 1.35. The fraction of sp³-hybridized carbons (Fsp3) is 1.00. The molecule has 1 rings (SSSR count). The molecule has 3 heteroatoms. The Morgan fingerprint density at radius 3 is 2.00 bits per heavy atom. The lowest BCUT2D eigenvalue weighted by molar-refractivity contribution is 0.205. The number of rotatable bonds is 1. The van der Waals surface area contributed by atoms with Gasteiger partial charge in [0, 0.05) is 13.1 Å². The zero-order valence-corrected chi connectivity index (χ0v) is 3.72. The molecule has 0 aromatic carbocycles. The minimum Gasteiger partial charge on any atom is -0.381 e. The van der Waals surface area contributed by atoms with E-state index in [1.54, 1.807) is 0 Å². The maximum atomic E-state index is 8.13. The van der Waals surface area contributed by atoms with Gasteiger partial charge in [-0.05, 0) is 0 Å². The number of nitrogens with zero attached hydrogens (tertiary/aromatic N) is 1. The van der Waals surface area contributed by atoms with Gasteiger partial charge < -0.3 is 11.3 Å². The molecule has 1 fully saturated rings. The molecular formula is C3H10N2O. The molecule has 0 spiro atoms. The minimum atomic E-state index is 0. The van der Waals surface area contributed by atoms with E-state index in [9.17, 15) is 0 Å². The van der Waals surface area contributed by atoms with Crippen LogP contribution in [0.1, 0.15) is 0 Å². The van der Waals surface area contributed by atoms with Crippen LogP contribution in [0.25, 0.3) is 0 Å². The molecule has 0 aromatic heterocycles. The summed E-state index contributed by atoms with van der Waals surface area (Å²) in [4.78, 5) is 1.93. The van der Waals surface area contributed by atoms with Gasteiger partial charge in [0.25, 0.3) is 0 Å². The quantitative estimate of drug-likeness (QED) is 0.423. The molecular weight excluding hydrogens is 80.0 g/mol. The fourth-order valence-electron chi connectivity index (χ4n) is 0.212. The second-order valence-electron chi connectivity index (χ2n) is 1.26. The van der Waals surface area contributed by atoms with E-state index in [1.165, 1.54) is 0 Å². The van der Waals surface area contributed by atoms with Crippen LogP contribution in [0.5, 0.6) is 0 Å². The maximum Gasteiger partial charge on any atom is 0.0957 e. The first-order valence-electron chi connectivity index (χ1n) is 1.76. The first-order chi connectivity index (χ1) is 2.43. The van der Waals surface area contributed by atoms with Gasteiger partial charge in [-0.25, -0.2) is 0 Å². The Morgan fingerprint density at radius 1 is 1.50 bits per heavy atom. The first kappa shape index (κ1) is 5.88.